The molecule has 0 bridgehead atoms. The number of anilines is 2. The smallest absolute Gasteiger partial charge is 0.409 e. The van der Waals surface area contributed by atoms with Gasteiger partial charge in [0.2, 0.25) is 0 Å². The van der Waals surface area contributed by atoms with Gasteiger partial charge in [0.25, 0.3) is 5.91 Å². The maximum atomic E-state index is 13.2. The zero-order chi connectivity index (χ0) is 24.2. The highest BCUT2D eigenvalue weighted by Gasteiger charge is 2.28. The summed E-state index contributed by atoms with van der Waals surface area (Å²) in [7, 11) is 3.99. The van der Waals surface area contributed by atoms with Crippen molar-refractivity contribution in [1.29, 1.82) is 0 Å². The summed E-state index contributed by atoms with van der Waals surface area (Å²) in [6, 6.07) is 5.77. The van der Waals surface area contributed by atoms with Crippen molar-refractivity contribution in [3.63, 3.8) is 0 Å². The third-order valence-corrected chi connectivity index (χ3v) is 5.53. The number of primary amides is 1. The molecule has 180 valence electrons. The molecule has 1 fully saturated rings. The number of ether oxygens (including phenoxy) is 1. The van der Waals surface area contributed by atoms with E-state index in [4.69, 9.17) is 10.5 Å². The van der Waals surface area contributed by atoms with Crippen molar-refractivity contribution >= 4 is 23.5 Å². The number of benzene rings is 1. The van der Waals surface area contributed by atoms with Gasteiger partial charge >= 0.3 is 6.09 Å². The minimum Gasteiger partial charge on any atom is -0.449 e. The third-order valence-electron chi connectivity index (χ3n) is 5.53. The molecule has 2 amide bonds. The number of rotatable bonds is 8. The lowest BCUT2D eigenvalue weighted by atomic mass is 9.94. The number of carbonyl (C=O) groups is 2. The molecule has 0 atom stereocenters. The van der Waals surface area contributed by atoms with E-state index in [1.54, 1.807) is 27.9 Å². The van der Waals surface area contributed by atoms with E-state index in [0.29, 0.717) is 44.0 Å². The fraction of sp³-hybridized carbons (Fsp3) is 0.522. The van der Waals surface area contributed by atoms with Crippen LogP contribution in [0.4, 0.5) is 20.7 Å². The molecule has 9 nitrogen and oxygen atoms in total. The average Bonchev–Trinajstić information content (AvgIpc) is 3.17. The molecule has 1 aromatic heterocycles. The molecule has 1 aromatic carbocycles. The van der Waals surface area contributed by atoms with Crippen LogP contribution in [-0.2, 0) is 4.74 Å². The SMILES string of the molecule is CN(C)CC(C)(C)COC(=O)N1CCC(n2cc(C(N)=O)c(Nc3ccc(F)cc3)n2)CC1. The van der Waals surface area contributed by atoms with Gasteiger partial charge in [-0.1, -0.05) is 13.8 Å². The number of hydrogen-bond donors (Lipinski definition) is 2. The molecule has 0 unspecified atom stereocenters. The summed E-state index contributed by atoms with van der Waals surface area (Å²) < 4.78 is 20.4. The number of amides is 2. The van der Waals surface area contributed by atoms with Gasteiger partial charge < -0.3 is 25.6 Å². The van der Waals surface area contributed by atoms with Gasteiger partial charge in [-0.2, -0.15) is 5.10 Å². The lowest BCUT2D eigenvalue weighted by Gasteiger charge is -2.33. The van der Waals surface area contributed by atoms with E-state index in [-0.39, 0.29) is 28.9 Å². The zero-order valence-electron chi connectivity index (χ0n) is 19.7. The number of halogens is 1. The number of nitrogens with one attached hydrogen (secondary N) is 1. The van der Waals surface area contributed by atoms with Crippen molar-refractivity contribution in [2.75, 3.05) is 45.7 Å². The van der Waals surface area contributed by atoms with Crippen LogP contribution in [0.1, 0.15) is 43.1 Å². The maximum absolute atomic E-state index is 13.2. The molecule has 2 aromatic rings. The van der Waals surface area contributed by atoms with Crippen LogP contribution in [0.3, 0.4) is 0 Å². The summed E-state index contributed by atoms with van der Waals surface area (Å²) in [6.07, 6.45) is 2.66. The molecule has 0 aliphatic carbocycles. The van der Waals surface area contributed by atoms with Gasteiger partial charge in [0, 0.05) is 36.9 Å². The van der Waals surface area contributed by atoms with Crippen LogP contribution in [0.25, 0.3) is 0 Å². The van der Waals surface area contributed by atoms with Crippen molar-refractivity contribution in [2.45, 2.75) is 32.7 Å². The molecule has 0 radical (unpaired) electrons. The summed E-state index contributed by atoms with van der Waals surface area (Å²) in [5.41, 5.74) is 6.25. The molecule has 3 rings (SSSR count). The van der Waals surface area contributed by atoms with E-state index < -0.39 is 5.91 Å². The van der Waals surface area contributed by atoms with Crippen LogP contribution in [0.15, 0.2) is 30.5 Å². The van der Waals surface area contributed by atoms with Gasteiger partial charge in [0.1, 0.15) is 11.4 Å². The number of hydrogen-bond acceptors (Lipinski definition) is 6. The topological polar surface area (TPSA) is 106 Å². The Balaban J connectivity index is 1.59. The Kier molecular flexibility index (Phi) is 7.57. The van der Waals surface area contributed by atoms with Crippen molar-refractivity contribution in [3.05, 3.63) is 41.8 Å². The van der Waals surface area contributed by atoms with E-state index in [9.17, 15) is 14.0 Å². The average molecular weight is 461 g/mol. The Hall–Kier alpha value is -3.14. The van der Waals surface area contributed by atoms with Crippen LogP contribution in [-0.4, -0.2) is 71.9 Å². The standard InChI is InChI=1S/C23H33FN6O3/c1-23(2,14-28(3)4)15-33-22(32)29-11-9-18(10-12-29)30-13-19(20(25)31)21(27-30)26-17-7-5-16(24)6-8-17/h5-8,13,18H,9-12,14-15H2,1-4H3,(H2,25,31)(H,26,27). The highest BCUT2D eigenvalue weighted by atomic mass is 19.1. The number of nitrogens with two attached hydrogens (primary N) is 1. The molecule has 1 aliphatic heterocycles. The third kappa shape index (κ3) is 6.67. The predicted molar refractivity (Wildman–Crippen MR) is 124 cm³/mol. The molecule has 3 N–H and O–H groups in total. The first-order valence-electron chi connectivity index (χ1n) is 11.0. The Morgan fingerprint density at radius 2 is 1.88 bits per heavy atom. The number of piperidine rings is 1. The Bertz CT molecular complexity index is 965. The van der Waals surface area contributed by atoms with E-state index in [2.05, 4.69) is 29.2 Å². The second-order valence-corrected chi connectivity index (χ2v) is 9.54. The normalized spacial score (nSPS) is 15.0. The lowest BCUT2D eigenvalue weighted by Crippen LogP contribution is -2.41. The van der Waals surface area contributed by atoms with E-state index in [0.717, 1.165) is 6.54 Å². The van der Waals surface area contributed by atoms with E-state index in [1.807, 2.05) is 14.1 Å². The minimum atomic E-state index is -0.604. The molecule has 2 heterocycles. The molecular weight excluding hydrogens is 427 g/mol. The monoisotopic (exact) mass is 460 g/mol. The summed E-state index contributed by atoms with van der Waals surface area (Å²) in [5, 5.41) is 7.53. The Morgan fingerprint density at radius 3 is 2.45 bits per heavy atom. The molecule has 33 heavy (non-hydrogen) atoms. The van der Waals surface area contributed by atoms with E-state index >= 15 is 0 Å². The van der Waals surface area contributed by atoms with Crippen LogP contribution in [0, 0.1) is 11.2 Å². The number of likely N-dealkylation sites (tertiary alicyclic amines) is 1. The molecule has 1 saturated heterocycles. The van der Waals surface area contributed by atoms with Crippen LogP contribution >= 0.6 is 0 Å². The van der Waals surface area contributed by atoms with Gasteiger partial charge in [-0.05, 0) is 51.2 Å². The van der Waals surface area contributed by atoms with Gasteiger partial charge in [-0.25, -0.2) is 9.18 Å². The fourth-order valence-electron chi connectivity index (χ4n) is 4.08. The number of aromatic nitrogens is 2. The molecule has 1 aliphatic rings. The largest absolute Gasteiger partial charge is 0.449 e. The van der Waals surface area contributed by atoms with Gasteiger partial charge in [-0.3, -0.25) is 9.48 Å². The van der Waals surface area contributed by atoms with Crippen LogP contribution in [0.2, 0.25) is 0 Å². The van der Waals surface area contributed by atoms with Gasteiger partial charge in [0.05, 0.1) is 12.6 Å². The molecular formula is C23H33FN6O3. The first-order chi connectivity index (χ1) is 15.5. The molecule has 10 heteroatoms. The van der Waals surface area contributed by atoms with Crippen molar-refractivity contribution in [1.82, 2.24) is 19.6 Å². The quantitative estimate of drug-likeness (QED) is 0.627. The van der Waals surface area contributed by atoms with Crippen molar-refractivity contribution in [2.24, 2.45) is 11.1 Å². The molecule has 0 saturated carbocycles. The Morgan fingerprint density at radius 1 is 1.24 bits per heavy atom. The minimum absolute atomic E-state index is 0.0149. The van der Waals surface area contributed by atoms with Crippen molar-refractivity contribution < 1.29 is 18.7 Å². The predicted octanol–water partition coefficient (Wildman–Crippen LogP) is 3.23. The number of carbonyl (C=O) groups excluding carboxylic acids is 2. The second kappa shape index (κ2) is 10.2. The fourth-order valence-corrected chi connectivity index (χ4v) is 4.08. The van der Waals surface area contributed by atoms with Gasteiger partial charge in [0.15, 0.2) is 5.82 Å². The maximum Gasteiger partial charge on any atom is 0.409 e. The summed E-state index contributed by atoms with van der Waals surface area (Å²) in [5.74, 6) is -0.640. The summed E-state index contributed by atoms with van der Waals surface area (Å²) in [4.78, 5) is 28.2. The molecule has 0 spiro atoms. The van der Waals surface area contributed by atoms with Gasteiger partial charge in [-0.15, -0.1) is 0 Å². The van der Waals surface area contributed by atoms with E-state index in [1.165, 1.54) is 12.1 Å². The zero-order valence-corrected chi connectivity index (χ0v) is 19.7. The van der Waals surface area contributed by atoms with Crippen LogP contribution in [0.5, 0.6) is 0 Å². The Labute approximate surface area is 193 Å². The highest BCUT2D eigenvalue weighted by Crippen LogP contribution is 2.27. The summed E-state index contributed by atoms with van der Waals surface area (Å²) in [6.45, 7) is 6.37. The van der Waals surface area contributed by atoms with Crippen molar-refractivity contribution in [3.8, 4) is 0 Å². The summed E-state index contributed by atoms with van der Waals surface area (Å²) >= 11 is 0. The highest BCUT2D eigenvalue weighted by molar-refractivity contribution is 5.98. The van der Waals surface area contributed by atoms with Crippen LogP contribution < -0.4 is 11.1 Å². The first kappa shape index (κ1) is 24.5. The second-order valence-electron chi connectivity index (χ2n) is 9.54. The lowest BCUT2D eigenvalue weighted by molar-refractivity contribution is 0.0493. The number of nitrogens with zero attached hydrogens (tertiary/aromatic N) is 4. The first-order valence-corrected chi connectivity index (χ1v) is 11.0.